The molecule has 5 heteroatoms. The van der Waals surface area contributed by atoms with Crippen LogP contribution in [0.3, 0.4) is 0 Å². The number of ether oxygens (including phenoxy) is 1. The second-order valence-electron chi connectivity index (χ2n) is 3.21. The van der Waals surface area contributed by atoms with Crippen molar-refractivity contribution in [2.75, 3.05) is 13.2 Å². The minimum absolute atomic E-state index is 0.0962. The van der Waals surface area contributed by atoms with Crippen molar-refractivity contribution in [1.82, 2.24) is 5.32 Å². The van der Waals surface area contributed by atoms with Crippen molar-refractivity contribution in [3.05, 3.63) is 28.5 Å². The molecule has 16 heavy (non-hydrogen) atoms. The Morgan fingerprint density at radius 1 is 1.56 bits per heavy atom. The third-order valence-electron chi connectivity index (χ3n) is 1.83. The normalized spacial score (nSPS) is 9.94. The monoisotopic (exact) mass is 289 g/mol. The van der Waals surface area contributed by atoms with Gasteiger partial charge in [0.1, 0.15) is 11.6 Å². The lowest BCUT2D eigenvalue weighted by Gasteiger charge is -2.07. The largest absolute Gasteiger partial charge is 0.484 e. The lowest BCUT2D eigenvalue weighted by Crippen LogP contribution is -2.29. The van der Waals surface area contributed by atoms with E-state index in [1.54, 1.807) is 6.07 Å². The summed E-state index contributed by atoms with van der Waals surface area (Å²) < 4.78 is 18.6. The molecule has 0 saturated carbocycles. The van der Waals surface area contributed by atoms with Gasteiger partial charge < -0.3 is 10.1 Å². The van der Waals surface area contributed by atoms with Crippen molar-refractivity contribution in [2.45, 2.75) is 13.3 Å². The number of halogens is 2. The van der Waals surface area contributed by atoms with Gasteiger partial charge in [0.25, 0.3) is 5.91 Å². The van der Waals surface area contributed by atoms with Gasteiger partial charge in [0.2, 0.25) is 0 Å². The van der Waals surface area contributed by atoms with Crippen LogP contribution in [-0.2, 0) is 4.79 Å². The van der Waals surface area contributed by atoms with E-state index in [1.165, 1.54) is 12.1 Å². The van der Waals surface area contributed by atoms with Crippen LogP contribution in [0, 0.1) is 5.82 Å². The number of amides is 1. The van der Waals surface area contributed by atoms with Crippen LogP contribution < -0.4 is 10.1 Å². The van der Waals surface area contributed by atoms with Crippen LogP contribution in [0.15, 0.2) is 22.7 Å². The van der Waals surface area contributed by atoms with E-state index in [2.05, 4.69) is 21.2 Å². The van der Waals surface area contributed by atoms with Gasteiger partial charge in [-0.3, -0.25) is 4.79 Å². The van der Waals surface area contributed by atoms with Gasteiger partial charge in [-0.15, -0.1) is 0 Å². The molecule has 0 aliphatic heterocycles. The Kier molecular flexibility index (Phi) is 5.25. The predicted molar refractivity (Wildman–Crippen MR) is 62.9 cm³/mol. The highest BCUT2D eigenvalue weighted by Crippen LogP contribution is 2.20. The summed E-state index contributed by atoms with van der Waals surface area (Å²) in [6.45, 7) is 2.49. The Balaban J connectivity index is 2.42. The maximum atomic E-state index is 13.1. The SMILES string of the molecule is CCCNC(=O)COc1ccc(Br)c(F)c1. The van der Waals surface area contributed by atoms with E-state index in [0.717, 1.165) is 6.42 Å². The molecule has 0 aliphatic rings. The van der Waals surface area contributed by atoms with Crippen LogP contribution in [0.1, 0.15) is 13.3 Å². The Morgan fingerprint density at radius 3 is 2.94 bits per heavy atom. The van der Waals surface area contributed by atoms with Crippen LogP contribution >= 0.6 is 15.9 Å². The Bertz CT molecular complexity index is 371. The average Bonchev–Trinajstić information content (AvgIpc) is 2.28. The van der Waals surface area contributed by atoms with E-state index in [4.69, 9.17) is 4.74 Å². The van der Waals surface area contributed by atoms with Crippen LogP contribution in [0.2, 0.25) is 0 Å². The number of benzene rings is 1. The molecule has 0 spiro atoms. The third-order valence-corrected chi connectivity index (χ3v) is 2.48. The van der Waals surface area contributed by atoms with Crippen molar-refractivity contribution in [3.63, 3.8) is 0 Å². The zero-order valence-corrected chi connectivity index (χ0v) is 10.5. The zero-order chi connectivity index (χ0) is 12.0. The lowest BCUT2D eigenvalue weighted by molar-refractivity contribution is -0.123. The van der Waals surface area contributed by atoms with Gasteiger partial charge in [0.05, 0.1) is 4.47 Å². The number of hydrogen-bond acceptors (Lipinski definition) is 2. The molecule has 0 saturated heterocycles. The molecule has 0 bridgehead atoms. The van der Waals surface area contributed by atoms with Crippen molar-refractivity contribution in [3.8, 4) is 5.75 Å². The lowest BCUT2D eigenvalue weighted by atomic mass is 10.3. The van der Waals surface area contributed by atoms with Crippen molar-refractivity contribution in [2.24, 2.45) is 0 Å². The Hall–Kier alpha value is -1.10. The summed E-state index contributed by atoms with van der Waals surface area (Å²) in [6, 6.07) is 4.37. The zero-order valence-electron chi connectivity index (χ0n) is 8.93. The maximum absolute atomic E-state index is 13.1. The second-order valence-corrected chi connectivity index (χ2v) is 4.07. The van der Waals surface area contributed by atoms with Gasteiger partial charge in [-0.25, -0.2) is 4.39 Å². The minimum Gasteiger partial charge on any atom is -0.484 e. The molecule has 0 aromatic heterocycles. The fraction of sp³-hybridized carbons (Fsp3) is 0.364. The molecule has 0 radical (unpaired) electrons. The van der Waals surface area contributed by atoms with E-state index in [0.29, 0.717) is 16.8 Å². The molecule has 0 unspecified atom stereocenters. The molecule has 0 aliphatic carbocycles. The van der Waals surface area contributed by atoms with Crippen LogP contribution in [-0.4, -0.2) is 19.1 Å². The standard InChI is InChI=1S/C11H13BrFNO2/c1-2-5-14-11(15)7-16-8-3-4-9(12)10(13)6-8/h3-4,6H,2,5,7H2,1H3,(H,14,15). The fourth-order valence-electron chi connectivity index (χ4n) is 1.03. The van der Waals surface area contributed by atoms with Gasteiger partial charge in [0, 0.05) is 12.6 Å². The van der Waals surface area contributed by atoms with Gasteiger partial charge >= 0.3 is 0 Å². The van der Waals surface area contributed by atoms with E-state index < -0.39 is 5.82 Å². The fourth-order valence-corrected chi connectivity index (χ4v) is 1.28. The molecule has 0 fully saturated rings. The highest BCUT2D eigenvalue weighted by Gasteiger charge is 2.04. The predicted octanol–water partition coefficient (Wildman–Crippen LogP) is 2.49. The summed E-state index contributed by atoms with van der Waals surface area (Å²) >= 11 is 3.03. The molecule has 0 heterocycles. The molecule has 1 N–H and O–H groups in total. The van der Waals surface area contributed by atoms with Crippen molar-refractivity contribution in [1.29, 1.82) is 0 Å². The summed E-state index contributed by atoms with van der Waals surface area (Å²) in [4.78, 5) is 11.2. The van der Waals surface area contributed by atoms with Gasteiger partial charge in [-0.2, -0.15) is 0 Å². The summed E-state index contributed by atoms with van der Waals surface area (Å²) in [6.07, 6.45) is 0.874. The molecule has 88 valence electrons. The topological polar surface area (TPSA) is 38.3 Å². The van der Waals surface area contributed by atoms with Crippen LogP contribution in [0.4, 0.5) is 4.39 Å². The smallest absolute Gasteiger partial charge is 0.257 e. The minimum atomic E-state index is -0.411. The molecule has 0 atom stereocenters. The molecule has 1 aromatic rings. The van der Waals surface area contributed by atoms with Gasteiger partial charge in [-0.05, 0) is 34.5 Å². The summed E-state index contributed by atoms with van der Waals surface area (Å²) in [5, 5.41) is 2.66. The molecule has 1 aromatic carbocycles. The van der Waals surface area contributed by atoms with Gasteiger partial charge in [0.15, 0.2) is 6.61 Å². The van der Waals surface area contributed by atoms with E-state index >= 15 is 0 Å². The van der Waals surface area contributed by atoms with E-state index in [9.17, 15) is 9.18 Å². The molecular formula is C11H13BrFNO2. The number of carbonyl (C=O) groups is 1. The number of hydrogen-bond donors (Lipinski definition) is 1. The Morgan fingerprint density at radius 2 is 2.31 bits per heavy atom. The molecule has 1 rings (SSSR count). The highest BCUT2D eigenvalue weighted by atomic mass is 79.9. The summed E-state index contributed by atoms with van der Waals surface area (Å²) in [5.74, 6) is -0.274. The molecule has 3 nitrogen and oxygen atoms in total. The van der Waals surface area contributed by atoms with E-state index in [1.807, 2.05) is 6.92 Å². The third kappa shape index (κ3) is 4.18. The van der Waals surface area contributed by atoms with Crippen molar-refractivity contribution < 1.29 is 13.9 Å². The number of rotatable bonds is 5. The first-order chi connectivity index (χ1) is 7.63. The Labute approximate surface area is 102 Å². The molecular weight excluding hydrogens is 277 g/mol. The van der Waals surface area contributed by atoms with Gasteiger partial charge in [-0.1, -0.05) is 6.92 Å². The van der Waals surface area contributed by atoms with Crippen LogP contribution in [0.5, 0.6) is 5.75 Å². The van der Waals surface area contributed by atoms with Crippen molar-refractivity contribution >= 4 is 21.8 Å². The summed E-state index contributed by atoms with van der Waals surface area (Å²) in [5.41, 5.74) is 0. The maximum Gasteiger partial charge on any atom is 0.257 e. The average molecular weight is 290 g/mol. The van der Waals surface area contributed by atoms with Crippen LogP contribution in [0.25, 0.3) is 0 Å². The first kappa shape index (κ1) is 13.0. The molecule has 1 amide bonds. The van der Waals surface area contributed by atoms with E-state index in [-0.39, 0.29) is 12.5 Å². The highest BCUT2D eigenvalue weighted by molar-refractivity contribution is 9.10. The first-order valence-electron chi connectivity index (χ1n) is 4.98. The first-order valence-corrected chi connectivity index (χ1v) is 5.77. The number of nitrogens with one attached hydrogen (secondary N) is 1. The quantitative estimate of drug-likeness (QED) is 0.904. The second kappa shape index (κ2) is 6.48. The summed E-state index contributed by atoms with van der Waals surface area (Å²) in [7, 11) is 0. The number of carbonyl (C=O) groups excluding carboxylic acids is 1.